The van der Waals surface area contributed by atoms with E-state index < -0.39 is 6.43 Å². The Hall–Kier alpha value is -2.39. The molecule has 5 rings (SSSR count). The van der Waals surface area contributed by atoms with Gasteiger partial charge >= 0.3 is 0 Å². The zero-order valence-electron chi connectivity index (χ0n) is 16.5. The van der Waals surface area contributed by atoms with Gasteiger partial charge in [0.05, 0.1) is 11.4 Å². The van der Waals surface area contributed by atoms with Gasteiger partial charge in [-0.3, -0.25) is 0 Å². The van der Waals surface area contributed by atoms with E-state index in [2.05, 4.69) is 30.8 Å². The van der Waals surface area contributed by atoms with Gasteiger partial charge in [-0.1, -0.05) is 0 Å². The minimum Gasteiger partial charge on any atom is -0.363 e. The minimum absolute atomic E-state index is 0.0545. The van der Waals surface area contributed by atoms with Crippen molar-refractivity contribution in [1.29, 1.82) is 0 Å². The molecule has 9 heteroatoms. The number of hydrogen-bond donors (Lipinski definition) is 3. The van der Waals surface area contributed by atoms with Crippen molar-refractivity contribution >= 4 is 17.3 Å². The number of hydrogen-bond acceptors (Lipinski definition) is 6. The Morgan fingerprint density at radius 3 is 2.63 bits per heavy atom. The standard InChI is InChI=1S/C21H25F3N6/c22-19-16(30-11-14-7-15(30)10-26-14)8-18(29-20(19)12-3-5-25-6-4-12)28-17-2-1-13(9-27-17)21(23)24/h1-2,8-9,12,14-15,21,25-26H,3-7,10-11H2,(H,27,28,29). The molecular formula is C21H25F3N6. The molecule has 0 aromatic carbocycles. The quantitative estimate of drug-likeness (QED) is 0.693. The number of halogens is 3. The van der Waals surface area contributed by atoms with E-state index in [1.54, 1.807) is 6.07 Å². The van der Waals surface area contributed by atoms with Crippen LogP contribution in [-0.4, -0.2) is 48.2 Å². The van der Waals surface area contributed by atoms with Crippen molar-refractivity contribution in [1.82, 2.24) is 20.6 Å². The van der Waals surface area contributed by atoms with Gasteiger partial charge in [-0.15, -0.1) is 0 Å². The lowest BCUT2D eigenvalue weighted by Gasteiger charge is -2.32. The predicted octanol–water partition coefficient (Wildman–Crippen LogP) is 3.31. The molecular weight excluding hydrogens is 393 g/mol. The van der Waals surface area contributed by atoms with Crippen LogP contribution in [0.3, 0.4) is 0 Å². The summed E-state index contributed by atoms with van der Waals surface area (Å²) in [6, 6.07) is 5.24. The minimum atomic E-state index is -2.56. The van der Waals surface area contributed by atoms with Gasteiger partial charge in [-0.05, 0) is 44.5 Å². The summed E-state index contributed by atoms with van der Waals surface area (Å²) < 4.78 is 41.2. The van der Waals surface area contributed by atoms with E-state index in [9.17, 15) is 8.78 Å². The van der Waals surface area contributed by atoms with Gasteiger partial charge in [0.2, 0.25) is 0 Å². The maximum atomic E-state index is 15.6. The fourth-order valence-electron chi connectivity index (χ4n) is 4.77. The van der Waals surface area contributed by atoms with Crippen LogP contribution in [0.15, 0.2) is 24.4 Å². The molecule has 0 saturated carbocycles. The number of rotatable bonds is 5. The molecule has 6 nitrogen and oxygen atoms in total. The predicted molar refractivity (Wildman–Crippen MR) is 109 cm³/mol. The summed E-state index contributed by atoms with van der Waals surface area (Å²) in [4.78, 5) is 10.8. The first-order valence-corrected chi connectivity index (χ1v) is 10.5. The van der Waals surface area contributed by atoms with Gasteiger partial charge in [-0.2, -0.15) is 0 Å². The molecule has 0 amide bonds. The summed E-state index contributed by atoms with van der Waals surface area (Å²) in [6.07, 6.45) is 1.27. The second-order valence-corrected chi connectivity index (χ2v) is 8.30. The van der Waals surface area contributed by atoms with Crippen molar-refractivity contribution in [3.63, 3.8) is 0 Å². The zero-order valence-corrected chi connectivity index (χ0v) is 16.5. The first kappa shape index (κ1) is 19.6. The molecule has 2 aromatic heterocycles. The van der Waals surface area contributed by atoms with Crippen LogP contribution >= 0.6 is 0 Å². The highest BCUT2D eigenvalue weighted by Crippen LogP contribution is 2.37. The lowest BCUT2D eigenvalue weighted by molar-refractivity contribution is 0.151. The molecule has 0 radical (unpaired) electrons. The van der Waals surface area contributed by atoms with Crippen molar-refractivity contribution < 1.29 is 13.2 Å². The van der Waals surface area contributed by atoms with E-state index in [-0.39, 0.29) is 23.3 Å². The van der Waals surface area contributed by atoms with E-state index in [0.29, 0.717) is 29.1 Å². The average molecular weight is 418 g/mol. The molecule has 3 fully saturated rings. The Balaban J connectivity index is 1.48. The molecule has 2 unspecified atom stereocenters. The number of nitrogens with zero attached hydrogens (tertiary/aromatic N) is 3. The Morgan fingerprint density at radius 1 is 1.17 bits per heavy atom. The van der Waals surface area contributed by atoms with Gasteiger partial charge in [0.1, 0.15) is 11.6 Å². The average Bonchev–Trinajstić information content (AvgIpc) is 3.39. The largest absolute Gasteiger partial charge is 0.363 e. The second kappa shape index (κ2) is 8.03. The van der Waals surface area contributed by atoms with Crippen LogP contribution in [0.25, 0.3) is 0 Å². The SMILES string of the molecule is Fc1c(N2CC3CC2CN3)cc(Nc2ccc(C(F)F)cn2)nc1C1CCNCC1. The van der Waals surface area contributed by atoms with Crippen molar-refractivity contribution in [2.75, 3.05) is 36.4 Å². The molecule has 3 N–H and O–H groups in total. The first-order chi connectivity index (χ1) is 14.6. The molecule has 0 aliphatic carbocycles. The van der Waals surface area contributed by atoms with E-state index >= 15 is 4.39 Å². The normalized spacial score (nSPS) is 24.1. The fourth-order valence-corrected chi connectivity index (χ4v) is 4.77. The Morgan fingerprint density at radius 2 is 2.00 bits per heavy atom. The third-order valence-corrected chi connectivity index (χ3v) is 6.35. The van der Waals surface area contributed by atoms with Gasteiger partial charge < -0.3 is 20.9 Å². The summed E-state index contributed by atoms with van der Waals surface area (Å²) in [5, 5.41) is 9.85. The molecule has 0 spiro atoms. The van der Waals surface area contributed by atoms with Crippen LogP contribution in [0, 0.1) is 5.82 Å². The lowest BCUT2D eigenvalue weighted by atomic mass is 9.93. The van der Waals surface area contributed by atoms with Crippen LogP contribution < -0.4 is 20.9 Å². The molecule has 30 heavy (non-hydrogen) atoms. The highest BCUT2D eigenvalue weighted by atomic mass is 19.3. The molecule has 160 valence electrons. The summed E-state index contributed by atoms with van der Waals surface area (Å²) >= 11 is 0. The maximum absolute atomic E-state index is 15.6. The van der Waals surface area contributed by atoms with Crippen molar-refractivity contribution in [2.45, 2.75) is 43.7 Å². The number of piperazine rings is 1. The Kier molecular flexibility index (Phi) is 5.24. The summed E-state index contributed by atoms with van der Waals surface area (Å²) in [6.45, 7) is 3.31. The number of nitrogens with one attached hydrogen (secondary N) is 3. The topological polar surface area (TPSA) is 65.1 Å². The monoisotopic (exact) mass is 418 g/mol. The summed E-state index contributed by atoms with van der Waals surface area (Å²) in [5.41, 5.74) is 0.917. The number of pyridine rings is 2. The summed E-state index contributed by atoms with van der Waals surface area (Å²) in [5.74, 6) is 0.720. The van der Waals surface area contributed by atoms with Crippen LogP contribution in [0.5, 0.6) is 0 Å². The zero-order chi connectivity index (χ0) is 20.7. The van der Waals surface area contributed by atoms with Gasteiger partial charge in [0.25, 0.3) is 6.43 Å². The maximum Gasteiger partial charge on any atom is 0.265 e. The third-order valence-electron chi connectivity index (χ3n) is 6.35. The van der Waals surface area contributed by atoms with Crippen LogP contribution in [0.4, 0.5) is 30.5 Å². The highest BCUT2D eigenvalue weighted by Gasteiger charge is 2.39. The van der Waals surface area contributed by atoms with Crippen molar-refractivity contribution in [2.24, 2.45) is 0 Å². The molecule has 2 atom stereocenters. The molecule has 2 bridgehead atoms. The van der Waals surface area contributed by atoms with Crippen LogP contribution in [-0.2, 0) is 0 Å². The Bertz CT molecular complexity index is 900. The molecule has 3 aliphatic rings. The first-order valence-electron chi connectivity index (χ1n) is 10.5. The second-order valence-electron chi connectivity index (χ2n) is 8.30. The number of piperidine rings is 1. The summed E-state index contributed by atoms with van der Waals surface area (Å²) in [7, 11) is 0. The van der Waals surface area contributed by atoms with E-state index in [1.807, 2.05) is 0 Å². The van der Waals surface area contributed by atoms with Crippen molar-refractivity contribution in [3.05, 3.63) is 41.5 Å². The van der Waals surface area contributed by atoms with E-state index in [1.165, 1.54) is 12.1 Å². The number of anilines is 3. The van der Waals surface area contributed by atoms with Crippen LogP contribution in [0.2, 0.25) is 0 Å². The van der Waals surface area contributed by atoms with Gasteiger partial charge in [0, 0.05) is 48.9 Å². The lowest BCUT2D eigenvalue weighted by Crippen LogP contribution is -2.44. The van der Waals surface area contributed by atoms with Crippen molar-refractivity contribution in [3.8, 4) is 0 Å². The third kappa shape index (κ3) is 3.72. The van der Waals surface area contributed by atoms with E-state index in [0.717, 1.165) is 51.6 Å². The number of fused-ring (bicyclic) bond motifs is 2. The molecule has 3 aliphatic heterocycles. The number of aromatic nitrogens is 2. The molecule has 3 saturated heterocycles. The number of alkyl halides is 2. The molecule has 5 heterocycles. The fraction of sp³-hybridized carbons (Fsp3) is 0.524. The van der Waals surface area contributed by atoms with E-state index in [4.69, 9.17) is 0 Å². The highest BCUT2D eigenvalue weighted by molar-refractivity contribution is 5.63. The van der Waals surface area contributed by atoms with Crippen LogP contribution in [0.1, 0.15) is 42.9 Å². The van der Waals surface area contributed by atoms with Gasteiger partial charge in [0.15, 0.2) is 5.82 Å². The molecule has 2 aromatic rings. The smallest absolute Gasteiger partial charge is 0.265 e. The Labute approximate surface area is 173 Å². The van der Waals surface area contributed by atoms with Gasteiger partial charge in [-0.25, -0.2) is 23.1 Å².